The van der Waals surface area contributed by atoms with Crippen molar-refractivity contribution in [3.05, 3.63) is 29.3 Å². The maximum absolute atomic E-state index is 8.85. The minimum Gasteiger partial charge on any atom is -0.496 e. The summed E-state index contributed by atoms with van der Waals surface area (Å²) in [6.45, 7) is 3.00. The lowest BCUT2D eigenvalue weighted by Gasteiger charge is -2.17. The molecule has 5 nitrogen and oxygen atoms in total. The summed E-state index contributed by atoms with van der Waals surface area (Å²) in [7, 11) is 1.57. The van der Waals surface area contributed by atoms with Gasteiger partial charge in [-0.3, -0.25) is 0 Å². The number of rotatable bonds is 8. The van der Waals surface area contributed by atoms with E-state index in [0.717, 1.165) is 24.4 Å². The van der Waals surface area contributed by atoms with Gasteiger partial charge in [0.25, 0.3) is 0 Å². The van der Waals surface area contributed by atoms with Gasteiger partial charge in [-0.2, -0.15) is 0 Å². The number of nitrogens with one attached hydrogen (secondary N) is 1. The van der Waals surface area contributed by atoms with Crippen LogP contribution in [0.25, 0.3) is 0 Å². The molecule has 1 saturated carbocycles. The maximum Gasteiger partial charge on any atom is 0.173 e. The first kappa shape index (κ1) is 15.6. The first-order chi connectivity index (χ1) is 10.2. The van der Waals surface area contributed by atoms with Crippen molar-refractivity contribution in [1.29, 1.82) is 0 Å². The molecule has 0 bridgehead atoms. The van der Waals surface area contributed by atoms with Crippen LogP contribution in [0.5, 0.6) is 5.75 Å². The van der Waals surface area contributed by atoms with Crippen LogP contribution in [0, 0.1) is 5.92 Å². The zero-order valence-electron chi connectivity index (χ0n) is 12.8. The summed E-state index contributed by atoms with van der Waals surface area (Å²) in [4.78, 5) is 0. The van der Waals surface area contributed by atoms with Crippen molar-refractivity contribution in [1.82, 2.24) is 5.32 Å². The molecular formula is C16H25N3O2. The second kappa shape index (κ2) is 7.31. The highest BCUT2D eigenvalue weighted by Crippen LogP contribution is 2.34. The number of benzene rings is 1. The first-order valence-corrected chi connectivity index (χ1v) is 7.56. The van der Waals surface area contributed by atoms with Crippen LogP contribution in [-0.2, 0) is 6.54 Å². The second-order valence-electron chi connectivity index (χ2n) is 5.69. The zero-order chi connectivity index (χ0) is 15.2. The second-order valence-corrected chi connectivity index (χ2v) is 5.69. The lowest BCUT2D eigenvalue weighted by Crippen LogP contribution is -2.28. The van der Waals surface area contributed by atoms with E-state index >= 15 is 0 Å². The Labute approximate surface area is 126 Å². The summed E-state index contributed by atoms with van der Waals surface area (Å²) in [5.41, 5.74) is 7.42. The normalized spacial score (nSPS) is 16.8. The summed E-state index contributed by atoms with van der Waals surface area (Å²) in [5, 5.41) is 15.5. The Balaban J connectivity index is 2.02. The molecular weight excluding hydrogens is 266 g/mol. The SMILES string of the molecule is CCC(CC1CC1)NCc1ccc(OC)c(C(N)=NO)c1. The molecule has 1 aliphatic carbocycles. The van der Waals surface area contributed by atoms with Crippen LogP contribution >= 0.6 is 0 Å². The predicted molar refractivity (Wildman–Crippen MR) is 83.8 cm³/mol. The number of ether oxygens (including phenoxy) is 1. The van der Waals surface area contributed by atoms with Gasteiger partial charge >= 0.3 is 0 Å². The van der Waals surface area contributed by atoms with Crippen LogP contribution < -0.4 is 15.8 Å². The highest BCUT2D eigenvalue weighted by molar-refractivity contribution is 5.99. The number of nitrogens with two attached hydrogens (primary N) is 1. The highest BCUT2D eigenvalue weighted by Gasteiger charge is 2.24. The fourth-order valence-electron chi connectivity index (χ4n) is 2.53. The molecule has 0 aliphatic heterocycles. The van der Waals surface area contributed by atoms with Crippen LogP contribution in [0.15, 0.2) is 23.4 Å². The predicted octanol–water partition coefficient (Wildman–Crippen LogP) is 2.46. The van der Waals surface area contributed by atoms with Gasteiger partial charge in [-0.25, -0.2) is 0 Å². The minimum atomic E-state index is 0.0683. The van der Waals surface area contributed by atoms with E-state index in [-0.39, 0.29) is 5.84 Å². The number of hydrogen-bond acceptors (Lipinski definition) is 4. The fourth-order valence-corrected chi connectivity index (χ4v) is 2.53. The van der Waals surface area contributed by atoms with Crippen LogP contribution in [0.1, 0.15) is 43.7 Å². The summed E-state index contributed by atoms with van der Waals surface area (Å²) in [6, 6.07) is 6.33. The van der Waals surface area contributed by atoms with Gasteiger partial charge < -0.3 is 21.0 Å². The number of nitrogens with zero attached hydrogens (tertiary/aromatic N) is 1. The molecule has 1 aromatic carbocycles. The van der Waals surface area contributed by atoms with E-state index < -0.39 is 0 Å². The van der Waals surface area contributed by atoms with E-state index in [4.69, 9.17) is 15.7 Å². The summed E-state index contributed by atoms with van der Waals surface area (Å²) < 4.78 is 5.24. The Morgan fingerprint density at radius 2 is 2.29 bits per heavy atom. The standard InChI is InChI=1S/C16H25N3O2/c1-3-13(8-11-4-5-11)18-10-12-6-7-15(21-2)14(9-12)16(17)19-20/h6-7,9,11,13,18,20H,3-5,8,10H2,1-2H3,(H2,17,19). The van der Waals surface area contributed by atoms with Crippen LogP contribution in [0.2, 0.25) is 0 Å². The third kappa shape index (κ3) is 4.36. The molecule has 0 aromatic heterocycles. The van der Waals surface area contributed by atoms with E-state index in [1.165, 1.54) is 19.3 Å². The Morgan fingerprint density at radius 1 is 1.52 bits per heavy atom. The van der Waals surface area contributed by atoms with Gasteiger partial charge in [0.2, 0.25) is 0 Å². The lowest BCUT2D eigenvalue weighted by atomic mass is 10.1. The smallest absolute Gasteiger partial charge is 0.173 e. The largest absolute Gasteiger partial charge is 0.496 e. The Bertz CT molecular complexity index is 498. The first-order valence-electron chi connectivity index (χ1n) is 7.56. The molecule has 5 heteroatoms. The van der Waals surface area contributed by atoms with Gasteiger partial charge in [0.05, 0.1) is 12.7 Å². The van der Waals surface area contributed by atoms with Gasteiger partial charge in [0.1, 0.15) is 5.75 Å². The molecule has 0 spiro atoms. The topological polar surface area (TPSA) is 79.9 Å². The Morgan fingerprint density at radius 3 is 2.86 bits per heavy atom. The molecule has 1 aromatic rings. The highest BCUT2D eigenvalue weighted by atomic mass is 16.5. The van der Waals surface area contributed by atoms with Gasteiger partial charge in [0, 0.05) is 12.6 Å². The molecule has 1 fully saturated rings. The van der Waals surface area contributed by atoms with Crippen molar-refractivity contribution in [2.24, 2.45) is 16.8 Å². The monoisotopic (exact) mass is 291 g/mol. The molecule has 116 valence electrons. The average molecular weight is 291 g/mol. The van der Waals surface area contributed by atoms with Crippen molar-refractivity contribution >= 4 is 5.84 Å². The number of oxime groups is 1. The van der Waals surface area contributed by atoms with Crippen molar-refractivity contribution < 1.29 is 9.94 Å². The molecule has 0 radical (unpaired) electrons. The van der Waals surface area contributed by atoms with Crippen LogP contribution in [0.4, 0.5) is 0 Å². The van der Waals surface area contributed by atoms with Crippen molar-refractivity contribution in [2.45, 2.75) is 45.2 Å². The molecule has 4 N–H and O–H groups in total. The summed E-state index contributed by atoms with van der Waals surface area (Å²) in [5.74, 6) is 1.60. The van der Waals surface area contributed by atoms with Crippen molar-refractivity contribution in [3.8, 4) is 5.75 Å². The minimum absolute atomic E-state index is 0.0683. The molecule has 0 saturated heterocycles. The molecule has 1 atom stereocenters. The average Bonchev–Trinajstić information content (AvgIpc) is 3.34. The van der Waals surface area contributed by atoms with Crippen LogP contribution in [0.3, 0.4) is 0 Å². The summed E-state index contributed by atoms with van der Waals surface area (Å²) in [6.07, 6.45) is 5.17. The lowest BCUT2D eigenvalue weighted by molar-refractivity contribution is 0.318. The number of methoxy groups -OCH3 is 1. The van der Waals surface area contributed by atoms with E-state index in [0.29, 0.717) is 17.4 Å². The van der Waals surface area contributed by atoms with Crippen molar-refractivity contribution in [2.75, 3.05) is 7.11 Å². The molecule has 21 heavy (non-hydrogen) atoms. The summed E-state index contributed by atoms with van der Waals surface area (Å²) >= 11 is 0. The molecule has 1 aliphatic rings. The van der Waals surface area contributed by atoms with E-state index in [1.807, 2.05) is 18.2 Å². The maximum atomic E-state index is 8.85. The van der Waals surface area contributed by atoms with E-state index in [2.05, 4.69) is 17.4 Å². The van der Waals surface area contributed by atoms with Gasteiger partial charge in [-0.1, -0.05) is 31.0 Å². The van der Waals surface area contributed by atoms with Crippen molar-refractivity contribution in [3.63, 3.8) is 0 Å². The van der Waals surface area contributed by atoms with Gasteiger partial charge in [-0.15, -0.1) is 0 Å². The molecule has 1 unspecified atom stereocenters. The number of hydrogen-bond donors (Lipinski definition) is 3. The van der Waals surface area contributed by atoms with E-state index in [1.54, 1.807) is 7.11 Å². The van der Waals surface area contributed by atoms with Gasteiger partial charge in [0.15, 0.2) is 5.84 Å². The van der Waals surface area contributed by atoms with Crippen LogP contribution in [-0.4, -0.2) is 24.2 Å². The third-order valence-electron chi connectivity index (χ3n) is 4.05. The fraction of sp³-hybridized carbons (Fsp3) is 0.562. The Hall–Kier alpha value is -1.75. The van der Waals surface area contributed by atoms with E-state index in [9.17, 15) is 0 Å². The molecule has 0 heterocycles. The Kier molecular flexibility index (Phi) is 5.44. The zero-order valence-corrected chi connectivity index (χ0v) is 12.8. The molecule has 2 rings (SSSR count). The third-order valence-corrected chi connectivity index (χ3v) is 4.05. The molecule has 0 amide bonds. The number of amidine groups is 1. The van der Waals surface area contributed by atoms with Gasteiger partial charge in [-0.05, 0) is 36.5 Å². The quantitative estimate of drug-likeness (QED) is 0.297.